The van der Waals surface area contributed by atoms with Gasteiger partial charge in [-0.3, -0.25) is 4.79 Å². The van der Waals surface area contributed by atoms with Gasteiger partial charge in [0.1, 0.15) is 0 Å². The predicted molar refractivity (Wildman–Crippen MR) is 85.3 cm³/mol. The molecule has 0 radical (unpaired) electrons. The quantitative estimate of drug-likeness (QED) is 0.909. The molecule has 4 nitrogen and oxygen atoms in total. The van der Waals surface area contributed by atoms with E-state index in [4.69, 9.17) is 0 Å². The third-order valence-corrected chi connectivity index (χ3v) is 4.37. The number of fused-ring (bicyclic) bond motifs is 1. The fourth-order valence-electron chi connectivity index (χ4n) is 3.09. The highest BCUT2D eigenvalue weighted by Crippen LogP contribution is 2.19. The van der Waals surface area contributed by atoms with Gasteiger partial charge in [-0.1, -0.05) is 18.2 Å². The minimum atomic E-state index is 0.265. The predicted octanol–water partition coefficient (Wildman–Crippen LogP) is 2.31. The van der Waals surface area contributed by atoms with Gasteiger partial charge in [0.25, 0.3) is 0 Å². The number of piperazine rings is 1. The van der Waals surface area contributed by atoms with Crippen molar-refractivity contribution < 1.29 is 4.79 Å². The van der Waals surface area contributed by atoms with E-state index < -0.39 is 0 Å². The Morgan fingerprint density at radius 3 is 3.00 bits per heavy atom. The van der Waals surface area contributed by atoms with E-state index in [1.807, 2.05) is 23.2 Å². The van der Waals surface area contributed by atoms with Crippen molar-refractivity contribution in [3.05, 3.63) is 36.0 Å². The summed E-state index contributed by atoms with van der Waals surface area (Å²) in [6, 6.07) is 8.93. The second-order valence-electron chi connectivity index (χ2n) is 6.06. The summed E-state index contributed by atoms with van der Waals surface area (Å²) in [5.41, 5.74) is 2.37. The molecule has 21 heavy (non-hydrogen) atoms. The second kappa shape index (κ2) is 5.90. The van der Waals surface area contributed by atoms with Gasteiger partial charge in [0, 0.05) is 48.7 Å². The molecule has 2 aromatic rings. The molecular weight excluding hydrogens is 262 g/mol. The van der Waals surface area contributed by atoms with Crippen LogP contribution in [0, 0.1) is 0 Å². The summed E-state index contributed by atoms with van der Waals surface area (Å²) in [4.78, 5) is 17.8. The summed E-state index contributed by atoms with van der Waals surface area (Å²) in [5, 5.41) is 4.64. The molecule has 0 saturated carbocycles. The Hall–Kier alpha value is -1.81. The maximum atomic E-state index is 12.5. The minimum absolute atomic E-state index is 0.265. The number of rotatable bonds is 3. The first-order valence-corrected chi connectivity index (χ1v) is 7.73. The zero-order valence-corrected chi connectivity index (χ0v) is 12.7. The molecule has 2 N–H and O–H groups in total. The van der Waals surface area contributed by atoms with E-state index in [2.05, 4.69) is 36.3 Å². The van der Waals surface area contributed by atoms with Crippen LogP contribution in [0.1, 0.15) is 25.8 Å². The van der Waals surface area contributed by atoms with Crippen LogP contribution in [0.25, 0.3) is 10.9 Å². The lowest BCUT2D eigenvalue weighted by atomic mass is 10.1. The lowest BCUT2D eigenvalue weighted by molar-refractivity contribution is -0.134. The van der Waals surface area contributed by atoms with E-state index in [1.165, 1.54) is 10.9 Å². The average Bonchev–Trinajstić information content (AvgIpc) is 2.90. The summed E-state index contributed by atoms with van der Waals surface area (Å²) in [5.74, 6) is 0.265. The molecule has 1 saturated heterocycles. The number of nitrogens with zero attached hydrogens (tertiary/aromatic N) is 1. The average molecular weight is 285 g/mol. The number of para-hydroxylation sites is 1. The smallest absolute Gasteiger partial charge is 0.223 e. The Kier molecular flexibility index (Phi) is 3.97. The lowest BCUT2D eigenvalue weighted by Gasteiger charge is -2.37. The summed E-state index contributed by atoms with van der Waals surface area (Å²) in [7, 11) is 0. The first-order valence-electron chi connectivity index (χ1n) is 7.73. The molecule has 112 valence electrons. The van der Waals surface area contributed by atoms with Gasteiger partial charge in [-0.15, -0.1) is 0 Å². The Morgan fingerprint density at radius 1 is 1.33 bits per heavy atom. The molecule has 0 bridgehead atoms. The van der Waals surface area contributed by atoms with Crippen LogP contribution in [-0.4, -0.2) is 41.0 Å². The van der Waals surface area contributed by atoms with E-state index in [9.17, 15) is 4.79 Å². The fraction of sp³-hybridized carbons (Fsp3) is 0.471. The molecular formula is C17H23N3O. The number of H-pyrrole nitrogens is 1. The Bertz CT molecular complexity index is 634. The van der Waals surface area contributed by atoms with Crippen molar-refractivity contribution in [3.63, 3.8) is 0 Å². The summed E-state index contributed by atoms with van der Waals surface area (Å²) >= 11 is 0. The highest BCUT2D eigenvalue weighted by atomic mass is 16.2. The molecule has 2 atom stereocenters. The highest BCUT2D eigenvalue weighted by Gasteiger charge is 2.26. The number of benzene rings is 1. The van der Waals surface area contributed by atoms with E-state index in [-0.39, 0.29) is 11.9 Å². The summed E-state index contributed by atoms with van der Waals surface area (Å²) < 4.78 is 0. The molecule has 2 heterocycles. The van der Waals surface area contributed by atoms with Crippen molar-refractivity contribution in [3.8, 4) is 0 Å². The Labute approximate surface area is 125 Å². The minimum Gasteiger partial charge on any atom is -0.361 e. The molecule has 3 rings (SSSR count). The van der Waals surface area contributed by atoms with Gasteiger partial charge in [0.15, 0.2) is 0 Å². The molecule has 1 aromatic heterocycles. The fourth-order valence-corrected chi connectivity index (χ4v) is 3.09. The van der Waals surface area contributed by atoms with E-state index in [1.54, 1.807) is 0 Å². The summed E-state index contributed by atoms with van der Waals surface area (Å²) in [6.07, 6.45) is 3.41. The van der Waals surface area contributed by atoms with Crippen LogP contribution >= 0.6 is 0 Å². The number of aromatic amines is 1. The first-order chi connectivity index (χ1) is 10.1. The van der Waals surface area contributed by atoms with Crippen LogP contribution in [0.15, 0.2) is 30.5 Å². The number of aryl methyl sites for hydroxylation is 1. The van der Waals surface area contributed by atoms with Crippen molar-refractivity contribution in [2.24, 2.45) is 0 Å². The van der Waals surface area contributed by atoms with Crippen LogP contribution in [0.4, 0.5) is 0 Å². The van der Waals surface area contributed by atoms with Gasteiger partial charge in [0.2, 0.25) is 5.91 Å². The molecule has 1 aliphatic rings. The number of hydrogen-bond acceptors (Lipinski definition) is 2. The van der Waals surface area contributed by atoms with Crippen LogP contribution < -0.4 is 5.32 Å². The number of carbonyl (C=O) groups is 1. The Morgan fingerprint density at radius 2 is 2.14 bits per heavy atom. The van der Waals surface area contributed by atoms with Crippen molar-refractivity contribution in [1.29, 1.82) is 0 Å². The number of aromatic nitrogens is 1. The van der Waals surface area contributed by atoms with E-state index in [0.717, 1.165) is 25.0 Å². The van der Waals surface area contributed by atoms with Gasteiger partial charge in [-0.2, -0.15) is 0 Å². The standard InChI is InChI=1S/C17H23N3O/c1-12-11-20(13(2)9-18-12)17(21)8-7-14-10-19-16-6-4-3-5-15(14)16/h3-6,10,12-13,18-19H,7-9,11H2,1-2H3. The largest absolute Gasteiger partial charge is 0.361 e. The van der Waals surface area contributed by atoms with Crippen molar-refractivity contribution in [1.82, 2.24) is 15.2 Å². The van der Waals surface area contributed by atoms with Crippen LogP contribution in [0.2, 0.25) is 0 Å². The maximum absolute atomic E-state index is 12.5. The molecule has 0 aliphatic carbocycles. The number of amides is 1. The third-order valence-electron chi connectivity index (χ3n) is 4.37. The first kappa shape index (κ1) is 14.1. The second-order valence-corrected chi connectivity index (χ2v) is 6.06. The van der Waals surface area contributed by atoms with Crippen molar-refractivity contribution in [2.75, 3.05) is 13.1 Å². The third kappa shape index (κ3) is 2.95. The molecule has 2 unspecified atom stereocenters. The van der Waals surface area contributed by atoms with Gasteiger partial charge in [-0.25, -0.2) is 0 Å². The number of hydrogen-bond donors (Lipinski definition) is 2. The molecule has 4 heteroatoms. The van der Waals surface area contributed by atoms with Crippen LogP contribution in [-0.2, 0) is 11.2 Å². The molecule has 1 fully saturated rings. The molecule has 1 aromatic carbocycles. The van der Waals surface area contributed by atoms with Gasteiger partial charge < -0.3 is 15.2 Å². The number of carbonyl (C=O) groups excluding carboxylic acids is 1. The molecule has 1 aliphatic heterocycles. The summed E-state index contributed by atoms with van der Waals surface area (Å²) in [6.45, 7) is 5.95. The van der Waals surface area contributed by atoms with E-state index in [0.29, 0.717) is 12.5 Å². The van der Waals surface area contributed by atoms with Crippen molar-refractivity contribution in [2.45, 2.75) is 38.8 Å². The van der Waals surface area contributed by atoms with Gasteiger partial charge in [0.05, 0.1) is 0 Å². The normalized spacial score (nSPS) is 22.7. The van der Waals surface area contributed by atoms with Gasteiger partial charge in [-0.05, 0) is 31.9 Å². The topological polar surface area (TPSA) is 48.1 Å². The van der Waals surface area contributed by atoms with Crippen LogP contribution in [0.5, 0.6) is 0 Å². The van der Waals surface area contributed by atoms with Crippen molar-refractivity contribution >= 4 is 16.8 Å². The van der Waals surface area contributed by atoms with Crippen LogP contribution in [0.3, 0.4) is 0 Å². The molecule has 1 amide bonds. The zero-order chi connectivity index (χ0) is 14.8. The SMILES string of the molecule is CC1CN(C(=O)CCc2c[nH]c3ccccc23)C(C)CN1. The number of nitrogens with one attached hydrogen (secondary N) is 2. The Balaban J connectivity index is 1.65. The maximum Gasteiger partial charge on any atom is 0.223 e. The van der Waals surface area contributed by atoms with E-state index >= 15 is 0 Å². The molecule has 0 spiro atoms. The zero-order valence-electron chi connectivity index (χ0n) is 12.7. The highest BCUT2D eigenvalue weighted by molar-refractivity contribution is 5.84. The lowest BCUT2D eigenvalue weighted by Crippen LogP contribution is -2.56. The van der Waals surface area contributed by atoms with Gasteiger partial charge >= 0.3 is 0 Å². The monoisotopic (exact) mass is 285 g/mol.